The molecule has 58 heavy (non-hydrogen) atoms. The second-order valence-electron chi connectivity index (χ2n) is 16.1. The molecule has 0 aliphatic heterocycles. The van der Waals surface area contributed by atoms with Gasteiger partial charge in [-0.2, -0.15) is 0 Å². The van der Waals surface area contributed by atoms with Crippen molar-refractivity contribution >= 4 is 19.8 Å². The van der Waals surface area contributed by atoms with E-state index < -0.39 is 32.5 Å². The number of ether oxygens (including phenoxy) is 2. The topological polar surface area (TPSA) is 119 Å². The molecule has 0 aliphatic rings. The van der Waals surface area contributed by atoms with Gasteiger partial charge in [-0.1, -0.05) is 197 Å². The Kier molecular flexibility index (Phi) is 43.0. The first kappa shape index (κ1) is 56.0. The molecule has 0 unspecified atom stereocenters. The third-order valence-electron chi connectivity index (χ3n) is 10.3. The van der Waals surface area contributed by atoms with Gasteiger partial charge in [0.25, 0.3) is 0 Å². The minimum atomic E-state index is -4.78. The lowest BCUT2D eigenvalue weighted by Gasteiger charge is -2.18. The molecular weight excluding hydrogens is 748 g/mol. The van der Waals surface area contributed by atoms with Crippen LogP contribution in [0.4, 0.5) is 0 Å². The van der Waals surface area contributed by atoms with E-state index in [1.165, 1.54) is 148 Å². The maximum absolute atomic E-state index is 12.4. The molecule has 9 heteroatoms. The lowest BCUT2D eigenvalue weighted by molar-refractivity contribution is -0.161. The van der Waals surface area contributed by atoms with Crippen molar-refractivity contribution in [2.45, 2.75) is 238 Å². The Hall–Kier alpha value is -1.99. The van der Waals surface area contributed by atoms with Gasteiger partial charge in [0.1, 0.15) is 6.61 Å². The smallest absolute Gasteiger partial charge is 0.462 e. The molecule has 338 valence electrons. The van der Waals surface area contributed by atoms with Gasteiger partial charge in [0.05, 0.1) is 6.61 Å². The third-order valence-corrected chi connectivity index (χ3v) is 10.8. The van der Waals surface area contributed by atoms with Crippen molar-refractivity contribution in [3.8, 4) is 0 Å². The number of hydrogen-bond acceptors (Lipinski definition) is 6. The summed E-state index contributed by atoms with van der Waals surface area (Å²) in [4.78, 5) is 42.9. The average molecular weight is 837 g/mol. The SMILES string of the molecule is CCCCCCCCCCC/C=C/C/C=C/CCCC(=O)O[C@H](COC(=O)CCC/C=C/CC/C=C/CCCCCCCCCCCCCCCC)COP(=O)(O)O. The van der Waals surface area contributed by atoms with Crippen molar-refractivity contribution in [3.05, 3.63) is 48.6 Å². The summed E-state index contributed by atoms with van der Waals surface area (Å²) in [5.41, 5.74) is 0. The monoisotopic (exact) mass is 837 g/mol. The summed E-state index contributed by atoms with van der Waals surface area (Å²) in [6.07, 6.45) is 55.8. The van der Waals surface area contributed by atoms with E-state index in [1.54, 1.807) is 0 Å². The zero-order valence-electron chi connectivity index (χ0n) is 37.4. The number of allylic oxidation sites excluding steroid dienone is 8. The van der Waals surface area contributed by atoms with Gasteiger partial charge in [-0.15, -0.1) is 0 Å². The van der Waals surface area contributed by atoms with Gasteiger partial charge < -0.3 is 19.3 Å². The number of esters is 2. The Labute approximate surface area is 356 Å². The molecule has 1 atom stereocenters. The highest BCUT2D eigenvalue weighted by Gasteiger charge is 2.22. The van der Waals surface area contributed by atoms with Crippen LogP contribution >= 0.6 is 7.82 Å². The molecule has 2 N–H and O–H groups in total. The first-order chi connectivity index (χ1) is 28.3. The number of phosphoric acid groups is 1. The molecule has 0 saturated carbocycles. The Bertz CT molecular complexity index is 1080. The van der Waals surface area contributed by atoms with Crippen molar-refractivity contribution in [1.29, 1.82) is 0 Å². The molecule has 0 aliphatic carbocycles. The highest BCUT2D eigenvalue weighted by atomic mass is 31.2. The Morgan fingerprint density at radius 3 is 1.21 bits per heavy atom. The Morgan fingerprint density at radius 1 is 0.448 bits per heavy atom. The standard InChI is InChI=1S/C49H89O8P/c1-3-5-7-9-11-13-15-17-19-21-22-23-24-25-26-28-29-31-33-35-37-39-41-43-48(50)55-45-47(46-56-58(52,53)54)57-49(51)44-42-40-38-36-34-32-30-27-20-18-16-14-12-10-8-6-4-2/h28-30,32,35-38,47H,3-27,31,33-34,39-46H2,1-2H3,(H2,52,53,54)/b29-28+,32-30+,37-35+,38-36+/t47-/m1/s1. The molecule has 0 heterocycles. The van der Waals surface area contributed by atoms with E-state index in [9.17, 15) is 14.2 Å². The molecule has 8 nitrogen and oxygen atoms in total. The molecule has 0 saturated heterocycles. The van der Waals surface area contributed by atoms with Crippen molar-refractivity contribution in [3.63, 3.8) is 0 Å². The number of carbonyl (C=O) groups excluding carboxylic acids is 2. The third kappa shape index (κ3) is 46.7. The second kappa shape index (κ2) is 44.6. The van der Waals surface area contributed by atoms with Crippen LogP contribution in [-0.2, 0) is 28.2 Å². The molecule has 0 fully saturated rings. The highest BCUT2D eigenvalue weighted by Crippen LogP contribution is 2.36. The first-order valence-electron chi connectivity index (χ1n) is 23.9. The Balaban J connectivity index is 3.94. The molecule has 0 radical (unpaired) electrons. The van der Waals surface area contributed by atoms with Gasteiger partial charge in [0.15, 0.2) is 6.10 Å². The van der Waals surface area contributed by atoms with Crippen LogP contribution in [-0.4, -0.2) is 41.0 Å². The summed E-state index contributed by atoms with van der Waals surface area (Å²) in [6.45, 7) is 3.64. The number of rotatable bonds is 44. The second-order valence-corrected chi connectivity index (χ2v) is 17.3. The largest absolute Gasteiger partial charge is 0.469 e. The van der Waals surface area contributed by atoms with E-state index in [1.807, 2.05) is 6.08 Å². The van der Waals surface area contributed by atoms with Crippen molar-refractivity contribution in [2.24, 2.45) is 0 Å². The first-order valence-corrected chi connectivity index (χ1v) is 25.5. The molecule has 0 bridgehead atoms. The van der Waals surface area contributed by atoms with Gasteiger partial charge in [-0.05, 0) is 70.6 Å². The van der Waals surface area contributed by atoms with Crippen LogP contribution in [0.15, 0.2) is 48.6 Å². The molecule has 0 aromatic rings. The van der Waals surface area contributed by atoms with E-state index in [0.717, 1.165) is 38.5 Å². The predicted octanol–water partition coefficient (Wildman–Crippen LogP) is 15.1. The van der Waals surface area contributed by atoms with Crippen LogP contribution in [0.5, 0.6) is 0 Å². The van der Waals surface area contributed by atoms with Gasteiger partial charge in [0, 0.05) is 12.8 Å². The van der Waals surface area contributed by atoms with Crippen LogP contribution in [0, 0.1) is 0 Å². The maximum Gasteiger partial charge on any atom is 0.469 e. The zero-order valence-corrected chi connectivity index (χ0v) is 38.3. The molecule has 0 aromatic heterocycles. The lowest BCUT2D eigenvalue weighted by Crippen LogP contribution is -2.29. The van der Waals surface area contributed by atoms with E-state index in [2.05, 4.69) is 60.9 Å². The van der Waals surface area contributed by atoms with Gasteiger partial charge in [-0.25, -0.2) is 4.57 Å². The number of phosphoric ester groups is 1. The van der Waals surface area contributed by atoms with Crippen molar-refractivity contribution in [2.75, 3.05) is 13.2 Å². The van der Waals surface area contributed by atoms with Crippen LogP contribution < -0.4 is 0 Å². The number of unbranched alkanes of at least 4 members (excludes halogenated alkanes) is 26. The molecule has 0 rings (SSSR count). The maximum atomic E-state index is 12.4. The van der Waals surface area contributed by atoms with E-state index in [0.29, 0.717) is 19.3 Å². The molecule has 0 aromatic carbocycles. The summed E-state index contributed by atoms with van der Waals surface area (Å²) in [5.74, 6) is -0.983. The minimum Gasteiger partial charge on any atom is -0.462 e. The van der Waals surface area contributed by atoms with Gasteiger partial charge >= 0.3 is 19.8 Å². The van der Waals surface area contributed by atoms with E-state index in [4.69, 9.17) is 19.3 Å². The molecule has 0 amide bonds. The minimum absolute atomic E-state index is 0.140. The normalized spacial score (nSPS) is 12.8. The van der Waals surface area contributed by atoms with E-state index in [-0.39, 0.29) is 19.4 Å². The number of hydrogen-bond donors (Lipinski definition) is 2. The highest BCUT2D eigenvalue weighted by molar-refractivity contribution is 7.46. The zero-order chi connectivity index (χ0) is 42.5. The summed E-state index contributed by atoms with van der Waals surface area (Å²) < 4.78 is 26.4. The average Bonchev–Trinajstić information content (AvgIpc) is 3.20. The summed E-state index contributed by atoms with van der Waals surface area (Å²) >= 11 is 0. The molecular formula is C49H89O8P. The summed E-state index contributed by atoms with van der Waals surface area (Å²) in [5, 5.41) is 0. The van der Waals surface area contributed by atoms with Crippen LogP contribution in [0.3, 0.4) is 0 Å². The fourth-order valence-electron chi connectivity index (χ4n) is 6.73. The quantitative estimate of drug-likeness (QED) is 0.0269. The van der Waals surface area contributed by atoms with Crippen molar-refractivity contribution < 1.29 is 37.9 Å². The summed E-state index contributed by atoms with van der Waals surface area (Å²) in [7, 11) is -4.78. The lowest BCUT2D eigenvalue weighted by atomic mass is 10.0. The van der Waals surface area contributed by atoms with Crippen molar-refractivity contribution in [1.82, 2.24) is 0 Å². The van der Waals surface area contributed by atoms with Gasteiger partial charge in [0.2, 0.25) is 0 Å². The van der Waals surface area contributed by atoms with Crippen LogP contribution in [0.2, 0.25) is 0 Å². The fraction of sp³-hybridized carbons (Fsp3) is 0.796. The summed E-state index contributed by atoms with van der Waals surface area (Å²) in [6, 6.07) is 0. The number of carbonyl (C=O) groups is 2. The van der Waals surface area contributed by atoms with E-state index >= 15 is 0 Å². The molecule has 0 spiro atoms. The van der Waals surface area contributed by atoms with Gasteiger partial charge in [-0.3, -0.25) is 14.1 Å². The fourth-order valence-corrected chi connectivity index (χ4v) is 7.09. The predicted molar refractivity (Wildman–Crippen MR) is 244 cm³/mol. The van der Waals surface area contributed by atoms with Crippen LogP contribution in [0.25, 0.3) is 0 Å². The van der Waals surface area contributed by atoms with Crippen LogP contribution in [0.1, 0.15) is 232 Å². The Morgan fingerprint density at radius 2 is 0.793 bits per heavy atom.